The van der Waals surface area contributed by atoms with Crippen molar-refractivity contribution in [2.45, 2.75) is 19.0 Å². The van der Waals surface area contributed by atoms with Crippen molar-refractivity contribution in [1.82, 2.24) is 4.90 Å². The third-order valence-corrected chi connectivity index (χ3v) is 3.46. The summed E-state index contributed by atoms with van der Waals surface area (Å²) in [6.07, 6.45) is 0.761. The normalized spacial score (nSPS) is 12.6. The average molecular weight is 290 g/mol. The van der Waals surface area contributed by atoms with Gasteiger partial charge in [0.25, 0.3) is 0 Å². The highest BCUT2D eigenvalue weighted by Gasteiger charge is 2.08. The Hall–Kier alpha value is -1.78. The van der Waals surface area contributed by atoms with Crippen LogP contribution >= 0.6 is 0 Å². The fraction of sp³-hybridized carbons (Fsp3) is 0.294. The van der Waals surface area contributed by atoms with Crippen LogP contribution in [0.1, 0.15) is 23.6 Å². The van der Waals surface area contributed by atoms with E-state index < -0.39 is 0 Å². The van der Waals surface area contributed by atoms with Crippen molar-refractivity contribution in [2.24, 2.45) is 5.73 Å². The molecule has 112 valence electrons. The van der Waals surface area contributed by atoms with Gasteiger partial charge in [-0.2, -0.15) is 0 Å². The van der Waals surface area contributed by atoms with Gasteiger partial charge in [0.2, 0.25) is 0 Å². The minimum absolute atomic E-state index is 0.124. The zero-order chi connectivity index (χ0) is 15.2. The number of halogens is 2. The Morgan fingerprint density at radius 1 is 1.05 bits per heavy atom. The van der Waals surface area contributed by atoms with E-state index in [4.69, 9.17) is 5.73 Å². The van der Waals surface area contributed by atoms with Gasteiger partial charge in [0.05, 0.1) is 0 Å². The van der Waals surface area contributed by atoms with Crippen LogP contribution in [-0.4, -0.2) is 18.5 Å². The Morgan fingerprint density at radius 3 is 2.43 bits per heavy atom. The lowest BCUT2D eigenvalue weighted by Crippen LogP contribution is -2.23. The largest absolute Gasteiger partial charge is 0.324 e. The molecular weight excluding hydrogens is 270 g/mol. The first-order valence-electron chi connectivity index (χ1n) is 6.98. The van der Waals surface area contributed by atoms with Crippen LogP contribution in [0.2, 0.25) is 0 Å². The Bertz CT molecular complexity index is 569. The molecule has 1 atom stereocenters. The maximum absolute atomic E-state index is 13.1. The molecule has 0 aliphatic carbocycles. The highest BCUT2D eigenvalue weighted by atomic mass is 19.1. The van der Waals surface area contributed by atoms with Crippen molar-refractivity contribution >= 4 is 0 Å². The number of hydrogen-bond donors (Lipinski definition) is 1. The van der Waals surface area contributed by atoms with Gasteiger partial charge in [-0.1, -0.05) is 24.3 Å². The molecule has 1 unspecified atom stereocenters. The van der Waals surface area contributed by atoms with E-state index in [1.54, 1.807) is 18.2 Å². The maximum Gasteiger partial charge on any atom is 0.123 e. The Morgan fingerprint density at radius 2 is 1.76 bits per heavy atom. The quantitative estimate of drug-likeness (QED) is 0.882. The lowest BCUT2D eigenvalue weighted by molar-refractivity contribution is 0.311. The molecule has 2 aromatic carbocycles. The lowest BCUT2D eigenvalue weighted by Gasteiger charge is -2.19. The number of hydrogen-bond acceptors (Lipinski definition) is 2. The average Bonchev–Trinajstić information content (AvgIpc) is 2.45. The Balaban J connectivity index is 1.83. The van der Waals surface area contributed by atoms with E-state index >= 15 is 0 Å². The third-order valence-electron chi connectivity index (χ3n) is 3.46. The molecule has 0 saturated carbocycles. The zero-order valence-electron chi connectivity index (χ0n) is 12.1. The Labute approximate surface area is 124 Å². The molecule has 0 bridgehead atoms. The molecule has 4 heteroatoms. The van der Waals surface area contributed by atoms with Gasteiger partial charge < -0.3 is 10.6 Å². The number of rotatable bonds is 6. The maximum atomic E-state index is 13.1. The summed E-state index contributed by atoms with van der Waals surface area (Å²) in [7, 11) is 1.97. The van der Waals surface area contributed by atoms with Crippen molar-refractivity contribution in [1.29, 1.82) is 0 Å². The van der Waals surface area contributed by atoms with Crippen LogP contribution in [-0.2, 0) is 6.54 Å². The van der Waals surface area contributed by atoms with Crippen molar-refractivity contribution < 1.29 is 8.78 Å². The third kappa shape index (κ3) is 4.92. The first-order valence-corrected chi connectivity index (χ1v) is 6.98. The second kappa shape index (κ2) is 7.29. The summed E-state index contributed by atoms with van der Waals surface area (Å²) in [5.41, 5.74) is 7.97. The van der Waals surface area contributed by atoms with Crippen LogP contribution in [0.3, 0.4) is 0 Å². The van der Waals surface area contributed by atoms with Crippen molar-refractivity contribution in [3.63, 3.8) is 0 Å². The van der Waals surface area contributed by atoms with Crippen LogP contribution in [0.4, 0.5) is 8.78 Å². The second-order valence-electron chi connectivity index (χ2n) is 5.31. The van der Waals surface area contributed by atoms with Crippen LogP contribution in [0.25, 0.3) is 0 Å². The number of nitrogens with two attached hydrogens (primary N) is 1. The monoisotopic (exact) mass is 290 g/mol. The minimum Gasteiger partial charge on any atom is -0.324 e. The summed E-state index contributed by atoms with van der Waals surface area (Å²) >= 11 is 0. The molecule has 0 radical (unpaired) electrons. The molecule has 0 amide bonds. The SMILES string of the molecule is CN(CCC(N)c1ccc(F)cc1)Cc1cccc(F)c1. The molecule has 2 nitrogen and oxygen atoms in total. The van der Waals surface area contributed by atoms with Crippen molar-refractivity contribution in [3.8, 4) is 0 Å². The van der Waals surface area contributed by atoms with Crippen molar-refractivity contribution in [2.75, 3.05) is 13.6 Å². The van der Waals surface area contributed by atoms with Crippen LogP contribution in [0.5, 0.6) is 0 Å². The zero-order valence-corrected chi connectivity index (χ0v) is 12.1. The fourth-order valence-electron chi connectivity index (χ4n) is 2.26. The highest BCUT2D eigenvalue weighted by molar-refractivity contribution is 5.19. The molecule has 2 aromatic rings. The van der Waals surface area contributed by atoms with Gasteiger partial charge in [0.1, 0.15) is 11.6 Å². The Kier molecular flexibility index (Phi) is 5.42. The van der Waals surface area contributed by atoms with Gasteiger partial charge in [-0.15, -0.1) is 0 Å². The van der Waals surface area contributed by atoms with E-state index in [2.05, 4.69) is 4.90 Å². The second-order valence-corrected chi connectivity index (χ2v) is 5.31. The van der Waals surface area contributed by atoms with E-state index in [1.807, 2.05) is 13.1 Å². The fourth-order valence-corrected chi connectivity index (χ4v) is 2.26. The predicted octanol–water partition coefficient (Wildman–Crippen LogP) is 3.49. The molecule has 2 rings (SSSR count). The smallest absolute Gasteiger partial charge is 0.123 e. The van der Waals surface area contributed by atoms with Gasteiger partial charge >= 0.3 is 0 Å². The van der Waals surface area contributed by atoms with Gasteiger partial charge in [0.15, 0.2) is 0 Å². The number of nitrogens with zero attached hydrogens (tertiary/aromatic N) is 1. The summed E-state index contributed by atoms with van der Waals surface area (Å²) in [5.74, 6) is -0.474. The molecule has 0 fully saturated rings. The molecular formula is C17H20F2N2. The molecule has 0 aromatic heterocycles. The molecule has 0 aliphatic heterocycles. The van der Waals surface area contributed by atoms with E-state index in [1.165, 1.54) is 24.3 Å². The van der Waals surface area contributed by atoms with Gasteiger partial charge in [-0.05, 0) is 55.4 Å². The molecule has 0 saturated heterocycles. The van der Waals surface area contributed by atoms with Crippen molar-refractivity contribution in [3.05, 3.63) is 71.3 Å². The highest BCUT2D eigenvalue weighted by Crippen LogP contribution is 2.15. The first-order chi connectivity index (χ1) is 10.0. The standard InChI is InChI=1S/C17H20F2N2/c1-21(12-13-3-2-4-16(19)11-13)10-9-17(20)14-5-7-15(18)8-6-14/h2-8,11,17H,9-10,12,20H2,1H3. The van der Waals surface area contributed by atoms with Crippen LogP contribution in [0.15, 0.2) is 48.5 Å². The van der Waals surface area contributed by atoms with E-state index in [-0.39, 0.29) is 17.7 Å². The summed E-state index contributed by atoms with van der Waals surface area (Å²) in [5, 5.41) is 0. The van der Waals surface area contributed by atoms with Crippen LogP contribution in [0, 0.1) is 11.6 Å². The van der Waals surface area contributed by atoms with E-state index in [0.717, 1.165) is 24.1 Å². The van der Waals surface area contributed by atoms with E-state index in [0.29, 0.717) is 6.54 Å². The first kappa shape index (κ1) is 15.6. The summed E-state index contributed by atoms with van der Waals surface area (Å²) in [6.45, 7) is 1.46. The number of benzene rings is 2. The summed E-state index contributed by atoms with van der Waals surface area (Å²) < 4.78 is 26.0. The molecule has 0 aliphatic rings. The molecule has 0 spiro atoms. The van der Waals surface area contributed by atoms with E-state index in [9.17, 15) is 8.78 Å². The topological polar surface area (TPSA) is 29.3 Å². The predicted molar refractivity (Wildman–Crippen MR) is 80.7 cm³/mol. The minimum atomic E-state index is -0.255. The molecule has 2 N–H and O–H groups in total. The van der Waals surface area contributed by atoms with Gasteiger partial charge in [0, 0.05) is 12.6 Å². The summed E-state index contributed by atoms with van der Waals surface area (Å²) in [6, 6.07) is 12.7. The lowest BCUT2D eigenvalue weighted by atomic mass is 10.0. The van der Waals surface area contributed by atoms with Gasteiger partial charge in [-0.3, -0.25) is 0 Å². The van der Waals surface area contributed by atoms with Crippen LogP contribution < -0.4 is 5.73 Å². The van der Waals surface area contributed by atoms with Gasteiger partial charge in [-0.25, -0.2) is 8.78 Å². The molecule has 21 heavy (non-hydrogen) atoms. The summed E-state index contributed by atoms with van der Waals surface area (Å²) in [4.78, 5) is 2.10. The molecule has 0 heterocycles.